The Labute approximate surface area is 219 Å². The lowest BCUT2D eigenvalue weighted by Crippen LogP contribution is -2.54. The molecule has 1 fully saturated rings. The van der Waals surface area contributed by atoms with Crippen molar-refractivity contribution in [2.45, 2.75) is 52.1 Å². The van der Waals surface area contributed by atoms with Gasteiger partial charge in [-0.1, -0.05) is 67.9 Å². The number of rotatable bonds is 5. The number of nitrogens with zero attached hydrogens (tertiary/aromatic N) is 3. The molecule has 3 aromatic rings. The molecule has 0 aliphatic carbocycles. The number of anilines is 1. The molecule has 2 unspecified atom stereocenters. The number of benzene rings is 2. The molecule has 3 heterocycles. The summed E-state index contributed by atoms with van der Waals surface area (Å²) in [6.45, 7) is 7.48. The number of aliphatic carboxylic acids is 1. The minimum Gasteiger partial charge on any atom is -0.480 e. The minimum absolute atomic E-state index is 0.0723. The van der Waals surface area contributed by atoms with Gasteiger partial charge in [-0.15, -0.1) is 0 Å². The Balaban J connectivity index is 1.55. The molecule has 1 saturated heterocycles. The third kappa shape index (κ3) is 4.00. The maximum atomic E-state index is 14.1. The number of likely N-dealkylation sites (tertiary alicyclic amines) is 1. The smallest absolute Gasteiger partial charge is 0.327 e. The lowest BCUT2D eigenvalue weighted by molar-refractivity contribution is -0.143. The fourth-order valence-electron chi connectivity index (χ4n) is 5.57. The van der Waals surface area contributed by atoms with Crippen molar-refractivity contribution in [3.8, 4) is 11.3 Å². The summed E-state index contributed by atoms with van der Waals surface area (Å²) in [6.07, 6.45) is -0.0723. The summed E-state index contributed by atoms with van der Waals surface area (Å²) in [5.41, 5.74) is 1.36. The number of hydrogen-bond donors (Lipinski definition) is 1. The molecule has 1 aromatic heterocycles. The first-order valence-electron chi connectivity index (χ1n) is 12.1. The largest absolute Gasteiger partial charge is 0.480 e. The fraction of sp³-hybridized carbons (Fsp3) is 0.357. The number of amides is 2. The number of carboxylic acids is 1. The average Bonchev–Trinajstić information content (AvgIpc) is 3.43. The van der Waals surface area contributed by atoms with E-state index in [-0.39, 0.29) is 25.4 Å². The summed E-state index contributed by atoms with van der Waals surface area (Å²) in [4.78, 5) is 42.9. The van der Waals surface area contributed by atoms with Crippen molar-refractivity contribution in [2.24, 2.45) is 5.41 Å². The fourth-order valence-corrected chi connectivity index (χ4v) is 5.74. The Kier molecular flexibility index (Phi) is 5.90. The van der Waals surface area contributed by atoms with Crippen LogP contribution in [-0.4, -0.2) is 45.5 Å². The molecule has 0 saturated carbocycles. The first-order chi connectivity index (χ1) is 17.4. The molecule has 5 rings (SSSR count). The van der Waals surface area contributed by atoms with Crippen LogP contribution < -0.4 is 4.90 Å². The average molecular weight is 522 g/mol. The van der Waals surface area contributed by atoms with E-state index < -0.39 is 28.7 Å². The molecule has 9 heteroatoms. The van der Waals surface area contributed by atoms with Crippen LogP contribution in [0.1, 0.15) is 44.0 Å². The van der Waals surface area contributed by atoms with Crippen LogP contribution in [0.4, 0.5) is 5.69 Å². The predicted molar refractivity (Wildman–Crippen MR) is 138 cm³/mol. The van der Waals surface area contributed by atoms with Gasteiger partial charge >= 0.3 is 5.97 Å². The first kappa shape index (κ1) is 25.0. The molecule has 2 aliphatic rings. The van der Waals surface area contributed by atoms with Crippen molar-refractivity contribution in [1.29, 1.82) is 0 Å². The van der Waals surface area contributed by atoms with Crippen LogP contribution in [0.2, 0.25) is 5.02 Å². The van der Waals surface area contributed by atoms with Crippen LogP contribution in [0, 0.1) is 12.3 Å². The van der Waals surface area contributed by atoms with Gasteiger partial charge in [-0.3, -0.25) is 14.5 Å². The molecule has 1 spiro atoms. The topological polar surface area (TPSA) is 104 Å². The number of aromatic nitrogens is 1. The molecule has 37 heavy (non-hydrogen) atoms. The van der Waals surface area contributed by atoms with Crippen molar-refractivity contribution in [1.82, 2.24) is 10.1 Å². The van der Waals surface area contributed by atoms with E-state index in [0.29, 0.717) is 27.7 Å². The Hall–Kier alpha value is -3.65. The Morgan fingerprint density at radius 2 is 1.89 bits per heavy atom. The van der Waals surface area contributed by atoms with E-state index in [2.05, 4.69) is 5.16 Å². The zero-order valence-corrected chi connectivity index (χ0v) is 21.9. The van der Waals surface area contributed by atoms with E-state index >= 15 is 0 Å². The van der Waals surface area contributed by atoms with Crippen molar-refractivity contribution in [2.75, 3.05) is 11.4 Å². The minimum atomic E-state index is -1.23. The molecule has 2 aliphatic heterocycles. The SMILES string of the molecule is Cc1noc(-c2ccccc2)c1CN1CC2(CC1=O)C(=O)N(C(C(=O)O)C(C)(C)C)c1ccc(Cl)cc12. The third-order valence-electron chi connectivity index (χ3n) is 7.31. The van der Waals surface area contributed by atoms with Crippen molar-refractivity contribution >= 4 is 35.1 Å². The molecular formula is C28H28ClN3O5. The van der Waals surface area contributed by atoms with Crippen LogP contribution >= 0.6 is 11.6 Å². The predicted octanol–water partition coefficient (Wildman–Crippen LogP) is 4.82. The quantitative estimate of drug-likeness (QED) is 0.516. The van der Waals surface area contributed by atoms with E-state index in [1.54, 1.807) is 43.9 Å². The summed E-state index contributed by atoms with van der Waals surface area (Å²) in [5.74, 6) is -1.13. The van der Waals surface area contributed by atoms with Gasteiger partial charge in [0.2, 0.25) is 11.8 Å². The second-order valence-electron chi connectivity index (χ2n) is 10.9. The number of hydrogen-bond acceptors (Lipinski definition) is 5. The first-order valence-corrected chi connectivity index (χ1v) is 12.5. The molecule has 0 radical (unpaired) electrons. The highest BCUT2D eigenvalue weighted by molar-refractivity contribution is 6.31. The van der Waals surface area contributed by atoms with Gasteiger partial charge in [0.25, 0.3) is 0 Å². The van der Waals surface area contributed by atoms with Crippen LogP contribution in [0.15, 0.2) is 53.1 Å². The highest BCUT2D eigenvalue weighted by Crippen LogP contribution is 2.51. The van der Waals surface area contributed by atoms with Crippen molar-refractivity contribution in [3.63, 3.8) is 0 Å². The van der Waals surface area contributed by atoms with E-state index in [1.807, 2.05) is 37.3 Å². The van der Waals surface area contributed by atoms with Gasteiger partial charge in [0.05, 0.1) is 12.2 Å². The van der Waals surface area contributed by atoms with Gasteiger partial charge < -0.3 is 14.5 Å². The van der Waals surface area contributed by atoms with Gasteiger partial charge in [-0.05, 0) is 36.1 Å². The van der Waals surface area contributed by atoms with Gasteiger partial charge in [-0.25, -0.2) is 4.79 Å². The molecule has 0 bridgehead atoms. The second kappa shape index (κ2) is 8.73. The highest BCUT2D eigenvalue weighted by Gasteiger charge is 2.60. The third-order valence-corrected chi connectivity index (χ3v) is 7.55. The zero-order valence-electron chi connectivity index (χ0n) is 21.1. The molecule has 2 aromatic carbocycles. The lowest BCUT2D eigenvalue weighted by Gasteiger charge is -2.36. The van der Waals surface area contributed by atoms with Crippen molar-refractivity contribution in [3.05, 3.63) is 70.4 Å². The number of carbonyl (C=O) groups excluding carboxylic acids is 2. The van der Waals surface area contributed by atoms with Crippen LogP contribution in [-0.2, 0) is 26.3 Å². The van der Waals surface area contributed by atoms with E-state index in [1.165, 1.54) is 4.90 Å². The van der Waals surface area contributed by atoms with Gasteiger partial charge in [0.15, 0.2) is 5.76 Å². The number of aryl methyl sites for hydroxylation is 1. The monoisotopic (exact) mass is 521 g/mol. The summed E-state index contributed by atoms with van der Waals surface area (Å²) in [5, 5.41) is 14.7. The van der Waals surface area contributed by atoms with E-state index in [4.69, 9.17) is 16.1 Å². The van der Waals surface area contributed by atoms with E-state index in [0.717, 1.165) is 11.1 Å². The highest BCUT2D eigenvalue weighted by atomic mass is 35.5. The summed E-state index contributed by atoms with van der Waals surface area (Å²) in [6, 6.07) is 13.4. The maximum Gasteiger partial charge on any atom is 0.327 e. The Morgan fingerprint density at radius 1 is 1.19 bits per heavy atom. The van der Waals surface area contributed by atoms with Gasteiger partial charge in [-0.2, -0.15) is 0 Å². The number of halogens is 1. The van der Waals surface area contributed by atoms with Crippen molar-refractivity contribution < 1.29 is 24.0 Å². The number of carboxylic acid groups (broad SMARTS) is 1. The number of carbonyl (C=O) groups is 3. The number of fused-ring (bicyclic) bond motifs is 2. The molecule has 2 atom stereocenters. The van der Waals surface area contributed by atoms with Crippen LogP contribution in [0.25, 0.3) is 11.3 Å². The molecule has 192 valence electrons. The molecule has 2 amide bonds. The van der Waals surface area contributed by atoms with Gasteiger partial charge in [0, 0.05) is 34.8 Å². The summed E-state index contributed by atoms with van der Waals surface area (Å²) in [7, 11) is 0. The van der Waals surface area contributed by atoms with Crippen LogP contribution in [0.3, 0.4) is 0 Å². The molecule has 1 N–H and O–H groups in total. The molecular weight excluding hydrogens is 494 g/mol. The van der Waals surface area contributed by atoms with Gasteiger partial charge in [0.1, 0.15) is 11.5 Å². The lowest BCUT2D eigenvalue weighted by atomic mass is 9.80. The standard InChI is InChI=1S/C28H28ClN3O5/c1-16-19(23(37-30-16)17-8-6-5-7-9-17)14-31-15-28(13-22(31)33)20-12-18(29)10-11-21(20)32(26(28)36)24(25(34)35)27(2,3)4/h5-12,24H,13-15H2,1-4H3,(H,34,35). The Morgan fingerprint density at radius 3 is 2.54 bits per heavy atom. The zero-order chi connectivity index (χ0) is 26.7. The van der Waals surface area contributed by atoms with Crippen LogP contribution in [0.5, 0.6) is 0 Å². The summed E-state index contributed by atoms with van der Waals surface area (Å²) >= 11 is 6.34. The maximum absolute atomic E-state index is 14.1. The summed E-state index contributed by atoms with van der Waals surface area (Å²) < 4.78 is 5.60. The molecule has 8 nitrogen and oxygen atoms in total. The van der Waals surface area contributed by atoms with E-state index in [9.17, 15) is 19.5 Å². The Bertz CT molecular complexity index is 1410. The second-order valence-corrected chi connectivity index (χ2v) is 11.3. The normalized spacial score (nSPS) is 20.1.